The van der Waals surface area contributed by atoms with Crippen LogP contribution in [0.15, 0.2) is 24.3 Å². The molecular weight excluding hydrogens is 208 g/mol. The Balaban J connectivity index is 2.84. The lowest BCUT2D eigenvalue weighted by Crippen LogP contribution is -2.05. The molecular formula is C9H7ClO4. The normalized spacial score (nSPS) is 9.29. The van der Waals surface area contributed by atoms with E-state index in [1.807, 2.05) is 0 Å². The number of halogens is 1. The van der Waals surface area contributed by atoms with Gasteiger partial charge in [0.25, 0.3) is 5.24 Å². The summed E-state index contributed by atoms with van der Waals surface area (Å²) in [6.07, 6.45) is 0. The van der Waals surface area contributed by atoms with Crippen molar-refractivity contribution in [3.8, 4) is 5.75 Å². The minimum Gasteiger partial charge on any atom is -0.286 e. The number of carbonyl (C=O) groups is 2. The van der Waals surface area contributed by atoms with Crippen LogP contribution in [0.3, 0.4) is 0 Å². The van der Waals surface area contributed by atoms with Crippen molar-refractivity contribution in [3.63, 3.8) is 0 Å². The lowest BCUT2D eigenvalue weighted by Gasteiger charge is -2.04. The molecule has 4 nitrogen and oxygen atoms in total. The molecule has 0 heterocycles. The maximum atomic E-state index is 10.9. The largest absolute Gasteiger partial charge is 0.352 e. The van der Waals surface area contributed by atoms with Crippen LogP contribution >= 0.6 is 11.6 Å². The van der Waals surface area contributed by atoms with E-state index in [2.05, 4.69) is 9.78 Å². The molecule has 0 aliphatic heterocycles. The van der Waals surface area contributed by atoms with Gasteiger partial charge in [0.15, 0.2) is 5.75 Å². The number of hydrogen-bond donors (Lipinski definition) is 0. The zero-order valence-corrected chi connectivity index (χ0v) is 8.08. The van der Waals surface area contributed by atoms with E-state index in [0.29, 0.717) is 0 Å². The second kappa shape index (κ2) is 4.62. The van der Waals surface area contributed by atoms with E-state index in [1.54, 1.807) is 12.1 Å². The third kappa shape index (κ3) is 2.74. The predicted octanol–water partition coefficient (Wildman–Crippen LogP) is 1.92. The molecule has 0 atom stereocenters. The number of benzene rings is 1. The first-order chi connectivity index (χ1) is 6.61. The molecule has 0 spiro atoms. The summed E-state index contributed by atoms with van der Waals surface area (Å²) in [6, 6.07) is 6.19. The number of hydrogen-bond acceptors (Lipinski definition) is 4. The summed E-state index contributed by atoms with van der Waals surface area (Å²) in [5, 5.41) is -0.673. The molecule has 0 bridgehead atoms. The number of carbonyl (C=O) groups excluding carboxylic acids is 2. The Labute approximate surface area is 85.3 Å². The smallest absolute Gasteiger partial charge is 0.286 e. The van der Waals surface area contributed by atoms with Crippen LogP contribution in [0.1, 0.15) is 17.3 Å². The van der Waals surface area contributed by atoms with Crippen molar-refractivity contribution >= 4 is 22.8 Å². The molecule has 0 aliphatic carbocycles. The van der Waals surface area contributed by atoms with Crippen LogP contribution < -0.4 is 4.89 Å². The highest BCUT2D eigenvalue weighted by Gasteiger charge is 2.10. The summed E-state index contributed by atoms with van der Waals surface area (Å²) in [5.74, 6) is -0.496. The van der Waals surface area contributed by atoms with Gasteiger partial charge in [-0.15, -0.1) is 0 Å². The molecule has 14 heavy (non-hydrogen) atoms. The summed E-state index contributed by atoms with van der Waals surface area (Å²) in [5.41, 5.74) is 0.149. The first-order valence-corrected chi connectivity index (χ1v) is 4.13. The quantitative estimate of drug-likeness (QED) is 0.438. The lowest BCUT2D eigenvalue weighted by atomic mass is 10.2. The van der Waals surface area contributed by atoms with Crippen LogP contribution in [0, 0.1) is 0 Å². The lowest BCUT2D eigenvalue weighted by molar-refractivity contribution is -0.210. The third-order valence-corrected chi connectivity index (χ3v) is 1.55. The molecule has 0 aromatic heterocycles. The molecule has 74 valence electrons. The van der Waals surface area contributed by atoms with Crippen molar-refractivity contribution in [2.45, 2.75) is 6.92 Å². The summed E-state index contributed by atoms with van der Waals surface area (Å²) in [6.45, 7) is 1.19. The fourth-order valence-corrected chi connectivity index (χ4v) is 0.961. The zero-order valence-electron chi connectivity index (χ0n) is 7.32. The topological polar surface area (TPSA) is 52.6 Å². The van der Waals surface area contributed by atoms with Gasteiger partial charge in [0.05, 0.1) is 5.56 Å². The van der Waals surface area contributed by atoms with Crippen molar-refractivity contribution in [3.05, 3.63) is 29.8 Å². The van der Waals surface area contributed by atoms with E-state index >= 15 is 0 Å². The highest BCUT2D eigenvalue weighted by atomic mass is 35.5. The van der Waals surface area contributed by atoms with E-state index in [4.69, 9.17) is 11.6 Å². The maximum Gasteiger partial charge on any atom is 0.352 e. The van der Waals surface area contributed by atoms with Crippen LogP contribution in [-0.4, -0.2) is 11.2 Å². The van der Waals surface area contributed by atoms with Gasteiger partial charge in [0.1, 0.15) is 0 Å². The van der Waals surface area contributed by atoms with Gasteiger partial charge in [-0.2, -0.15) is 0 Å². The average molecular weight is 215 g/mol. The zero-order chi connectivity index (χ0) is 10.6. The average Bonchev–Trinajstić information content (AvgIpc) is 2.15. The van der Waals surface area contributed by atoms with Crippen LogP contribution in [-0.2, 0) is 9.68 Å². The Morgan fingerprint density at radius 1 is 1.29 bits per heavy atom. The Hall–Kier alpha value is -1.55. The minimum absolute atomic E-state index is 0.114. The van der Waals surface area contributed by atoms with Crippen molar-refractivity contribution in [1.82, 2.24) is 0 Å². The second-order valence-electron chi connectivity index (χ2n) is 2.43. The number of rotatable bonds is 3. The summed E-state index contributed by atoms with van der Waals surface area (Å²) in [4.78, 5) is 30.2. The predicted molar refractivity (Wildman–Crippen MR) is 49.0 cm³/mol. The van der Waals surface area contributed by atoms with Crippen molar-refractivity contribution in [2.24, 2.45) is 0 Å². The third-order valence-electron chi connectivity index (χ3n) is 1.35. The van der Waals surface area contributed by atoms with Crippen LogP contribution in [0.4, 0.5) is 0 Å². The van der Waals surface area contributed by atoms with Crippen molar-refractivity contribution in [1.29, 1.82) is 0 Å². The molecule has 0 aliphatic rings. The molecule has 0 fully saturated rings. The highest BCUT2D eigenvalue weighted by Crippen LogP contribution is 2.19. The fourth-order valence-electron chi connectivity index (χ4n) is 0.805. The molecule has 0 saturated carbocycles. The summed E-state index contributed by atoms with van der Waals surface area (Å²) < 4.78 is 0. The number of para-hydroxylation sites is 1. The standard InChI is InChI=1S/C9H7ClO4/c1-6(11)13-14-8-5-3-2-4-7(8)9(10)12/h2-5H,1H3. The van der Waals surface area contributed by atoms with E-state index < -0.39 is 11.2 Å². The summed E-state index contributed by atoms with van der Waals surface area (Å²) in [7, 11) is 0. The molecule has 0 unspecified atom stereocenters. The Morgan fingerprint density at radius 2 is 1.93 bits per heavy atom. The SMILES string of the molecule is CC(=O)OOc1ccccc1C(=O)Cl. The molecule has 0 amide bonds. The Bertz CT molecular complexity index is 362. The van der Waals surface area contributed by atoms with E-state index in [1.165, 1.54) is 19.1 Å². The van der Waals surface area contributed by atoms with Gasteiger partial charge < -0.3 is 0 Å². The van der Waals surface area contributed by atoms with E-state index in [9.17, 15) is 9.59 Å². The first-order valence-electron chi connectivity index (χ1n) is 3.75. The molecule has 1 rings (SSSR count). The minimum atomic E-state index is -0.673. The first kappa shape index (κ1) is 10.5. The van der Waals surface area contributed by atoms with Crippen LogP contribution in [0.25, 0.3) is 0 Å². The van der Waals surface area contributed by atoms with Gasteiger partial charge in [-0.1, -0.05) is 12.1 Å². The van der Waals surface area contributed by atoms with E-state index in [-0.39, 0.29) is 11.3 Å². The fraction of sp³-hybridized carbons (Fsp3) is 0.111. The highest BCUT2D eigenvalue weighted by molar-refractivity contribution is 6.68. The Morgan fingerprint density at radius 3 is 2.50 bits per heavy atom. The molecule has 1 aromatic carbocycles. The maximum absolute atomic E-state index is 10.9. The summed E-state index contributed by atoms with van der Waals surface area (Å²) >= 11 is 5.26. The molecule has 0 radical (unpaired) electrons. The van der Waals surface area contributed by atoms with E-state index in [0.717, 1.165) is 0 Å². The molecule has 0 N–H and O–H groups in total. The molecule has 1 aromatic rings. The van der Waals surface area contributed by atoms with Crippen molar-refractivity contribution < 1.29 is 19.4 Å². The van der Waals surface area contributed by atoms with Gasteiger partial charge in [0.2, 0.25) is 0 Å². The van der Waals surface area contributed by atoms with Gasteiger partial charge in [-0.3, -0.25) is 14.6 Å². The van der Waals surface area contributed by atoms with Crippen molar-refractivity contribution in [2.75, 3.05) is 0 Å². The molecule has 0 saturated heterocycles. The van der Waals surface area contributed by atoms with Gasteiger partial charge in [-0.05, 0) is 23.7 Å². The van der Waals surface area contributed by atoms with Crippen LogP contribution in [0.2, 0.25) is 0 Å². The van der Waals surface area contributed by atoms with Gasteiger partial charge in [0, 0.05) is 6.92 Å². The Kier molecular flexibility index (Phi) is 3.48. The molecule has 5 heteroatoms. The second-order valence-corrected chi connectivity index (χ2v) is 2.77. The van der Waals surface area contributed by atoms with Crippen LogP contribution in [0.5, 0.6) is 5.75 Å². The van der Waals surface area contributed by atoms with Gasteiger partial charge in [-0.25, -0.2) is 4.79 Å². The monoisotopic (exact) mass is 214 g/mol. The van der Waals surface area contributed by atoms with Gasteiger partial charge >= 0.3 is 5.97 Å².